The second-order valence-corrected chi connectivity index (χ2v) is 14.4. The minimum Gasteiger partial charge on any atom is -0.453 e. The van der Waals surface area contributed by atoms with Crippen molar-refractivity contribution in [1.29, 1.82) is 10.5 Å². The van der Waals surface area contributed by atoms with Crippen LogP contribution in [-0.4, -0.2) is 0 Å². The average molecular weight is 699 g/mol. The third-order valence-corrected chi connectivity index (χ3v) is 9.99. The van der Waals surface area contributed by atoms with Gasteiger partial charge < -0.3 is 19.3 Å². The van der Waals surface area contributed by atoms with Gasteiger partial charge in [0.2, 0.25) is 0 Å². The molecule has 6 nitrogen and oxygen atoms in total. The predicted octanol–water partition coefficient (Wildman–Crippen LogP) is 13.2. The maximum Gasteiger partial charge on any atom is 0.151 e. The minimum atomic E-state index is -0.423. The first-order valence-electron chi connectivity index (χ1n) is 17.9. The van der Waals surface area contributed by atoms with Crippen molar-refractivity contribution in [3.05, 3.63) is 168 Å². The Morgan fingerprint density at radius 2 is 0.741 bits per heavy atom. The first-order valence-corrected chi connectivity index (χ1v) is 17.9. The number of fused-ring (bicyclic) bond motifs is 4. The fourth-order valence-electron chi connectivity index (χ4n) is 7.69. The zero-order valence-corrected chi connectivity index (χ0v) is 30.0. The molecular formula is C48H34N4O2. The lowest BCUT2D eigenvalue weighted by atomic mass is 9.75. The Bertz CT molecular complexity index is 2410. The van der Waals surface area contributed by atoms with E-state index in [9.17, 15) is 10.5 Å². The molecule has 2 aliphatic rings. The van der Waals surface area contributed by atoms with E-state index in [0.29, 0.717) is 11.1 Å². The molecule has 0 aromatic heterocycles. The summed E-state index contributed by atoms with van der Waals surface area (Å²) in [7, 11) is 0. The third-order valence-electron chi connectivity index (χ3n) is 9.99. The molecule has 0 spiro atoms. The third kappa shape index (κ3) is 5.32. The molecule has 2 heterocycles. The van der Waals surface area contributed by atoms with Gasteiger partial charge in [-0.1, -0.05) is 93.6 Å². The second kappa shape index (κ2) is 12.7. The van der Waals surface area contributed by atoms with Crippen LogP contribution in [0.1, 0.15) is 37.5 Å². The number of benzene rings is 7. The summed E-state index contributed by atoms with van der Waals surface area (Å²) < 4.78 is 13.1. The Labute approximate surface area is 314 Å². The molecule has 2 aliphatic heterocycles. The maximum atomic E-state index is 9.83. The van der Waals surface area contributed by atoms with Gasteiger partial charge in [0.25, 0.3) is 0 Å². The Hall–Kier alpha value is -7.28. The zero-order valence-electron chi connectivity index (χ0n) is 30.0. The summed E-state index contributed by atoms with van der Waals surface area (Å²) in [6, 6.07) is 55.1. The fourth-order valence-corrected chi connectivity index (χ4v) is 7.69. The fraction of sp³-hybridized carbons (Fsp3) is 0.0833. The van der Waals surface area contributed by atoms with Crippen molar-refractivity contribution < 1.29 is 9.47 Å². The summed E-state index contributed by atoms with van der Waals surface area (Å²) in [5, 5.41) is 19.7. The normalized spacial score (nSPS) is 12.5. The monoisotopic (exact) mass is 698 g/mol. The smallest absolute Gasteiger partial charge is 0.151 e. The number of nitrogens with zero attached hydrogens (tertiary/aromatic N) is 4. The van der Waals surface area contributed by atoms with Gasteiger partial charge in [-0.15, -0.1) is 0 Å². The molecule has 9 rings (SSSR count). The van der Waals surface area contributed by atoms with Crippen LogP contribution in [0.25, 0.3) is 22.3 Å². The highest BCUT2D eigenvalue weighted by Gasteiger charge is 2.37. The highest BCUT2D eigenvalue weighted by Crippen LogP contribution is 2.60. The number of hydrogen-bond donors (Lipinski definition) is 0. The van der Waals surface area contributed by atoms with Crippen LogP contribution in [0.5, 0.6) is 23.0 Å². The first-order chi connectivity index (χ1) is 26.3. The molecule has 7 aromatic carbocycles. The van der Waals surface area contributed by atoms with Crippen molar-refractivity contribution in [3.8, 4) is 57.4 Å². The summed E-state index contributed by atoms with van der Waals surface area (Å²) >= 11 is 0. The van der Waals surface area contributed by atoms with Crippen molar-refractivity contribution in [3.63, 3.8) is 0 Å². The van der Waals surface area contributed by atoms with Crippen LogP contribution < -0.4 is 19.3 Å². The number of anilines is 6. The highest BCUT2D eigenvalue weighted by atomic mass is 16.5. The minimum absolute atomic E-state index is 0.423. The van der Waals surface area contributed by atoms with Gasteiger partial charge in [-0.3, -0.25) is 0 Å². The van der Waals surface area contributed by atoms with Crippen LogP contribution in [-0.2, 0) is 5.41 Å². The molecule has 0 saturated heterocycles. The number of hydrogen-bond acceptors (Lipinski definition) is 6. The molecule has 258 valence electrons. The van der Waals surface area contributed by atoms with Crippen LogP contribution in [0.15, 0.2) is 152 Å². The molecule has 0 atom stereocenters. The highest BCUT2D eigenvalue weighted by molar-refractivity contribution is 6.04. The number of rotatable bonds is 4. The van der Waals surface area contributed by atoms with Gasteiger partial charge in [0, 0.05) is 11.1 Å². The Morgan fingerprint density at radius 1 is 0.426 bits per heavy atom. The van der Waals surface area contributed by atoms with E-state index in [-0.39, 0.29) is 0 Å². The summed E-state index contributed by atoms with van der Waals surface area (Å²) in [6.45, 7) is 6.75. The number of nitriles is 2. The molecule has 0 unspecified atom stereocenters. The van der Waals surface area contributed by atoms with Gasteiger partial charge in [0.05, 0.1) is 57.4 Å². The summed E-state index contributed by atoms with van der Waals surface area (Å²) in [5.41, 5.74) is 11.4. The SMILES string of the molecule is CC(C)(C)c1c(-c2ccc(C#N)cc2)c(N2c3ccccc3Oc3ccccc32)cc(N2c3ccccc3Oc3ccccc32)c1-c1ccc(C#N)cc1. The van der Waals surface area contributed by atoms with Crippen molar-refractivity contribution in [2.24, 2.45) is 0 Å². The number of para-hydroxylation sites is 8. The van der Waals surface area contributed by atoms with Gasteiger partial charge in [-0.25, -0.2) is 0 Å². The molecular weight excluding hydrogens is 665 g/mol. The van der Waals surface area contributed by atoms with Gasteiger partial charge in [-0.2, -0.15) is 10.5 Å². The molecule has 54 heavy (non-hydrogen) atoms. The van der Waals surface area contributed by atoms with Crippen molar-refractivity contribution >= 4 is 34.1 Å². The van der Waals surface area contributed by atoms with E-state index in [4.69, 9.17) is 9.47 Å². The summed E-state index contributed by atoms with van der Waals surface area (Å²) in [6.07, 6.45) is 0. The molecule has 0 N–H and O–H groups in total. The van der Waals surface area contributed by atoms with Crippen LogP contribution >= 0.6 is 0 Å². The second-order valence-electron chi connectivity index (χ2n) is 14.4. The van der Waals surface area contributed by atoms with Crippen LogP contribution in [0.4, 0.5) is 34.1 Å². The lowest BCUT2D eigenvalue weighted by molar-refractivity contribution is 0.477. The molecule has 7 aromatic rings. The van der Waals surface area contributed by atoms with Gasteiger partial charge in [0.1, 0.15) is 0 Å². The van der Waals surface area contributed by atoms with E-state index in [1.165, 1.54) is 0 Å². The largest absolute Gasteiger partial charge is 0.453 e. The molecule has 0 amide bonds. The molecule has 0 saturated carbocycles. The molecule has 0 aliphatic carbocycles. The van der Waals surface area contributed by atoms with Gasteiger partial charge in [-0.05, 0) is 101 Å². The van der Waals surface area contributed by atoms with Gasteiger partial charge >= 0.3 is 0 Å². The maximum absolute atomic E-state index is 9.83. The molecule has 6 heteroatoms. The van der Waals surface area contributed by atoms with E-state index < -0.39 is 5.41 Å². The number of ether oxygens (including phenoxy) is 2. The lowest BCUT2D eigenvalue weighted by Crippen LogP contribution is -2.24. The molecule has 0 bridgehead atoms. The van der Waals surface area contributed by atoms with Crippen molar-refractivity contribution in [2.75, 3.05) is 9.80 Å². The molecule has 0 fully saturated rings. The average Bonchev–Trinajstić information content (AvgIpc) is 3.21. The van der Waals surface area contributed by atoms with Crippen molar-refractivity contribution in [1.82, 2.24) is 0 Å². The van der Waals surface area contributed by atoms with E-state index >= 15 is 0 Å². The Morgan fingerprint density at radius 3 is 1.04 bits per heavy atom. The van der Waals surface area contributed by atoms with Crippen LogP contribution in [0.2, 0.25) is 0 Å². The topological polar surface area (TPSA) is 72.5 Å². The first kappa shape index (κ1) is 32.6. The van der Waals surface area contributed by atoms with Crippen molar-refractivity contribution in [2.45, 2.75) is 26.2 Å². The quantitative estimate of drug-likeness (QED) is 0.182. The van der Waals surface area contributed by atoms with E-state index in [2.05, 4.69) is 73.0 Å². The molecule has 0 radical (unpaired) electrons. The predicted molar refractivity (Wildman–Crippen MR) is 215 cm³/mol. The summed E-state index contributed by atoms with van der Waals surface area (Å²) in [4.78, 5) is 4.61. The summed E-state index contributed by atoms with van der Waals surface area (Å²) in [5.74, 6) is 3.00. The lowest BCUT2D eigenvalue weighted by Gasteiger charge is -2.40. The zero-order chi connectivity index (χ0) is 37.0. The standard InChI is InChI=1S/C48H34N4O2/c1-48(2,3)47-45(33-24-20-31(29-49)21-25-33)39(51-35-12-4-8-16-41(35)53-42-17-9-5-13-36(42)51)28-40(46(47)34-26-22-32(30-50)23-27-34)52-37-14-6-10-18-43(37)54-44-19-11-7-15-38(44)52/h4-28H,1-3H3. The van der Waals surface area contributed by atoms with E-state index in [1.54, 1.807) is 0 Å². The van der Waals surface area contributed by atoms with Gasteiger partial charge in [0.15, 0.2) is 23.0 Å². The Balaban J connectivity index is 1.49. The van der Waals surface area contributed by atoms with E-state index in [0.717, 1.165) is 84.9 Å². The van der Waals surface area contributed by atoms with E-state index in [1.807, 2.05) is 121 Å². The Kier molecular flexibility index (Phi) is 7.69. The van der Waals surface area contributed by atoms with Crippen LogP contribution in [0, 0.1) is 22.7 Å². The van der Waals surface area contributed by atoms with Crippen LogP contribution in [0.3, 0.4) is 0 Å².